The highest BCUT2D eigenvalue weighted by molar-refractivity contribution is 5.75. The summed E-state index contributed by atoms with van der Waals surface area (Å²) in [5, 5.41) is 2.54. The summed E-state index contributed by atoms with van der Waals surface area (Å²) in [5.41, 5.74) is 0.830. The lowest BCUT2D eigenvalue weighted by Gasteiger charge is -1.94. The fourth-order valence-corrected chi connectivity index (χ4v) is 0.890. The van der Waals surface area contributed by atoms with Crippen molar-refractivity contribution in [3.63, 3.8) is 0 Å². The maximum Gasteiger partial charge on any atom is 0.220 e. The number of oxazole rings is 1. The van der Waals surface area contributed by atoms with Gasteiger partial charge in [0.05, 0.1) is 5.69 Å². The summed E-state index contributed by atoms with van der Waals surface area (Å²) in [6.45, 7) is 5.78. The molecule has 4 heteroatoms. The molecule has 0 aromatic carbocycles. The van der Waals surface area contributed by atoms with Gasteiger partial charge in [-0.05, 0) is 0 Å². The summed E-state index contributed by atoms with van der Waals surface area (Å²) in [4.78, 5) is 14.9. The van der Waals surface area contributed by atoms with Crippen LogP contribution in [0.1, 0.15) is 31.9 Å². The molecule has 1 rings (SSSR count). The van der Waals surface area contributed by atoms with Gasteiger partial charge in [-0.2, -0.15) is 0 Å². The summed E-state index contributed by atoms with van der Waals surface area (Å²) in [6, 6.07) is 0. The Kier molecular flexibility index (Phi) is 6.45. The standard InChI is InChI=1S/C8H12N2O2.C2H6/c1-6-10-7(5-12-6)3-4-8(11)9-2;1-2/h5H,3-4H2,1-2H3,(H,9,11);1-2H3. The first-order chi connectivity index (χ1) is 6.72. The van der Waals surface area contributed by atoms with Gasteiger partial charge >= 0.3 is 0 Å². The molecule has 1 amide bonds. The molecular formula is C10H18N2O2. The van der Waals surface area contributed by atoms with Crippen LogP contribution in [0.15, 0.2) is 10.7 Å². The van der Waals surface area contributed by atoms with Gasteiger partial charge in [0.15, 0.2) is 5.89 Å². The molecule has 1 aromatic heterocycles. The number of nitrogens with zero attached hydrogens (tertiary/aromatic N) is 1. The molecule has 0 aliphatic heterocycles. The number of aromatic nitrogens is 1. The largest absolute Gasteiger partial charge is 0.449 e. The topological polar surface area (TPSA) is 55.1 Å². The van der Waals surface area contributed by atoms with Crippen LogP contribution in [0.3, 0.4) is 0 Å². The molecule has 0 spiro atoms. The molecule has 0 aliphatic rings. The van der Waals surface area contributed by atoms with Gasteiger partial charge in [-0.3, -0.25) is 4.79 Å². The maximum atomic E-state index is 10.8. The quantitative estimate of drug-likeness (QED) is 0.804. The molecule has 14 heavy (non-hydrogen) atoms. The number of carbonyl (C=O) groups excluding carboxylic acids is 1. The number of hydrogen-bond acceptors (Lipinski definition) is 3. The van der Waals surface area contributed by atoms with Crippen molar-refractivity contribution in [2.24, 2.45) is 0 Å². The van der Waals surface area contributed by atoms with Crippen molar-refractivity contribution in [1.82, 2.24) is 10.3 Å². The lowest BCUT2D eigenvalue weighted by atomic mass is 10.2. The molecule has 0 saturated carbocycles. The van der Waals surface area contributed by atoms with Gasteiger partial charge < -0.3 is 9.73 Å². The van der Waals surface area contributed by atoms with Gasteiger partial charge in [0.2, 0.25) is 5.91 Å². The Morgan fingerprint density at radius 1 is 1.57 bits per heavy atom. The average molecular weight is 198 g/mol. The molecule has 80 valence electrons. The fourth-order valence-electron chi connectivity index (χ4n) is 0.890. The van der Waals surface area contributed by atoms with E-state index in [4.69, 9.17) is 4.42 Å². The second kappa shape index (κ2) is 7.12. The van der Waals surface area contributed by atoms with Gasteiger partial charge in [-0.15, -0.1) is 0 Å². The van der Waals surface area contributed by atoms with Crippen molar-refractivity contribution in [3.8, 4) is 0 Å². The Morgan fingerprint density at radius 2 is 2.21 bits per heavy atom. The van der Waals surface area contributed by atoms with Crippen LogP contribution in [0.4, 0.5) is 0 Å². The van der Waals surface area contributed by atoms with Crippen molar-refractivity contribution in [2.45, 2.75) is 33.6 Å². The van der Waals surface area contributed by atoms with Crippen molar-refractivity contribution in [1.29, 1.82) is 0 Å². The highest BCUT2D eigenvalue weighted by Gasteiger charge is 2.02. The molecule has 1 N–H and O–H groups in total. The van der Waals surface area contributed by atoms with Crippen LogP contribution in [-0.2, 0) is 11.2 Å². The number of hydrogen-bond donors (Lipinski definition) is 1. The number of amides is 1. The van der Waals surface area contributed by atoms with Crippen LogP contribution in [0, 0.1) is 6.92 Å². The zero-order chi connectivity index (χ0) is 11.0. The molecule has 0 fully saturated rings. The van der Waals surface area contributed by atoms with E-state index in [0.717, 1.165) is 5.69 Å². The fraction of sp³-hybridized carbons (Fsp3) is 0.600. The third-order valence-electron chi connectivity index (χ3n) is 1.55. The van der Waals surface area contributed by atoms with Crippen LogP contribution >= 0.6 is 0 Å². The molecule has 0 bridgehead atoms. The molecule has 1 heterocycles. The van der Waals surface area contributed by atoms with E-state index in [1.165, 1.54) is 0 Å². The molecule has 4 nitrogen and oxygen atoms in total. The Morgan fingerprint density at radius 3 is 2.64 bits per heavy atom. The van der Waals surface area contributed by atoms with E-state index in [0.29, 0.717) is 18.7 Å². The Bertz CT molecular complexity index is 269. The van der Waals surface area contributed by atoms with Gasteiger partial charge in [0.25, 0.3) is 0 Å². The zero-order valence-corrected chi connectivity index (χ0v) is 9.26. The SMILES string of the molecule is CC.CNC(=O)CCc1coc(C)n1. The zero-order valence-electron chi connectivity index (χ0n) is 9.26. The highest BCUT2D eigenvalue weighted by Crippen LogP contribution is 2.02. The molecule has 0 aliphatic carbocycles. The van der Waals surface area contributed by atoms with Crippen LogP contribution in [0.25, 0.3) is 0 Å². The van der Waals surface area contributed by atoms with Crippen LogP contribution in [0.5, 0.6) is 0 Å². The summed E-state index contributed by atoms with van der Waals surface area (Å²) in [5.74, 6) is 0.664. The minimum Gasteiger partial charge on any atom is -0.449 e. The molecule has 0 atom stereocenters. The Balaban J connectivity index is 0.000000791. The summed E-state index contributed by atoms with van der Waals surface area (Å²) in [6.07, 6.45) is 2.68. The summed E-state index contributed by atoms with van der Waals surface area (Å²) < 4.78 is 4.99. The Hall–Kier alpha value is -1.32. The summed E-state index contributed by atoms with van der Waals surface area (Å²) in [7, 11) is 1.62. The maximum absolute atomic E-state index is 10.8. The first-order valence-electron chi connectivity index (χ1n) is 4.84. The Labute approximate surface area is 84.7 Å². The molecule has 0 saturated heterocycles. The third kappa shape index (κ3) is 4.64. The second-order valence-corrected chi connectivity index (χ2v) is 2.53. The van der Waals surface area contributed by atoms with Crippen molar-refractivity contribution in [3.05, 3.63) is 17.8 Å². The predicted molar refractivity (Wildman–Crippen MR) is 55.0 cm³/mol. The van der Waals surface area contributed by atoms with Crippen LogP contribution in [0.2, 0.25) is 0 Å². The first-order valence-corrected chi connectivity index (χ1v) is 4.84. The van der Waals surface area contributed by atoms with Crippen molar-refractivity contribution in [2.75, 3.05) is 7.05 Å². The minimum atomic E-state index is 0.0238. The molecule has 1 aromatic rings. The highest BCUT2D eigenvalue weighted by atomic mass is 16.3. The van der Waals surface area contributed by atoms with E-state index in [-0.39, 0.29) is 5.91 Å². The first kappa shape index (κ1) is 12.7. The second-order valence-electron chi connectivity index (χ2n) is 2.53. The summed E-state index contributed by atoms with van der Waals surface area (Å²) >= 11 is 0. The predicted octanol–water partition coefficient (Wildman–Crippen LogP) is 1.69. The van der Waals surface area contributed by atoms with Crippen molar-refractivity contribution >= 4 is 5.91 Å². The van der Waals surface area contributed by atoms with E-state index >= 15 is 0 Å². The molecular weight excluding hydrogens is 180 g/mol. The average Bonchev–Trinajstić information content (AvgIpc) is 2.64. The molecule has 0 unspecified atom stereocenters. The normalized spacial score (nSPS) is 8.86. The number of carbonyl (C=O) groups is 1. The van der Waals surface area contributed by atoms with E-state index < -0.39 is 0 Å². The van der Waals surface area contributed by atoms with Gasteiger partial charge in [0, 0.05) is 26.8 Å². The van der Waals surface area contributed by atoms with Gasteiger partial charge in [0.1, 0.15) is 6.26 Å². The van der Waals surface area contributed by atoms with Crippen molar-refractivity contribution < 1.29 is 9.21 Å². The van der Waals surface area contributed by atoms with Crippen LogP contribution in [-0.4, -0.2) is 17.9 Å². The van der Waals surface area contributed by atoms with Gasteiger partial charge in [-0.1, -0.05) is 13.8 Å². The number of aryl methyl sites for hydroxylation is 2. The van der Waals surface area contributed by atoms with E-state index in [1.807, 2.05) is 13.8 Å². The number of nitrogens with one attached hydrogen (secondary N) is 1. The lowest BCUT2D eigenvalue weighted by Crippen LogP contribution is -2.17. The number of rotatable bonds is 3. The van der Waals surface area contributed by atoms with E-state index in [1.54, 1.807) is 20.2 Å². The van der Waals surface area contributed by atoms with Gasteiger partial charge in [-0.25, -0.2) is 4.98 Å². The molecule has 0 radical (unpaired) electrons. The monoisotopic (exact) mass is 198 g/mol. The van der Waals surface area contributed by atoms with E-state index in [9.17, 15) is 4.79 Å². The van der Waals surface area contributed by atoms with Crippen LogP contribution < -0.4 is 5.32 Å². The third-order valence-corrected chi connectivity index (χ3v) is 1.55. The minimum absolute atomic E-state index is 0.0238. The lowest BCUT2D eigenvalue weighted by molar-refractivity contribution is -0.120. The van der Waals surface area contributed by atoms with E-state index in [2.05, 4.69) is 10.3 Å². The smallest absolute Gasteiger partial charge is 0.220 e.